The van der Waals surface area contributed by atoms with Crippen LogP contribution in [0.1, 0.15) is 16.7 Å². The third-order valence-corrected chi connectivity index (χ3v) is 4.54. The van der Waals surface area contributed by atoms with Gasteiger partial charge < -0.3 is 20.3 Å². The zero-order chi connectivity index (χ0) is 18.2. The van der Waals surface area contributed by atoms with E-state index in [1.807, 2.05) is 0 Å². The van der Waals surface area contributed by atoms with E-state index in [-0.39, 0.29) is 0 Å². The Morgan fingerprint density at radius 1 is 1.00 bits per heavy atom. The van der Waals surface area contributed by atoms with Crippen molar-refractivity contribution in [3.8, 4) is 0 Å². The molecule has 1 heterocycles. The molecule has 0 radical (unpaired) electrons. The highest BCUT2D eigenvalue weighted by Gasteiger charge is 2.10. The summed E-state index contributed by atoms with van der Waals surface area (Å²) in [6, 6.07) is 17.2. The Balaban J connectivity index is 1.48. The molecule has 0 aliphatic carbocycles. The van der Waals surface area contributed by atoms with Gasteiger partial charge in [0, 0.05) is 38.9 Å². The summed E-state index contributed by atoms with van der Waals surface area (Å²) in [7, 11) is 1.80. The van der Waals surface area contributed by atoms with Gasteiger partial charge in [-0.2, -0.15) is 0 Å². The molecule has 0 saturated carbocycles. The maximum absolute atomic E-state index is 5.41. The van der Waals surface area contributed by atoms with E-state index in [2.05, 4.69) is 76.0 Å². The lowest BCUT2D eigenvalue weighted by Gasteiger charge is -2.28. The fourth-order valence-electron chi connectivity index (χ4n) is 3.06. The van der Waals surface area contributed by atoms with Crippen LogP contribution in [0.3, 0.4) is 0 Å². The second-order valence-electron chi connectivity index (χ2n) is 6.53. The van der Waals surface area contributed by atoms with Gasteiger partial charge in [-0.15, -0.1) is 0 Å². The molecule has 0 amide bonds. The van der Waals surface area contributed by atoms with Crippen molar-refractivity contribution in [2.45, 2.75) is 20.0 Å². The van der Waals surface area contributed by atoms with Gasteiger partial charge >= 0.3 is 0 Å². The SMILES string of the molecule is CN=C(NCc1ccc(N2CCOCC2)cc1)NCc1cccc(C)c1. The fourth-order valence-corrected chi connectivity index (χ4v) is 3.06. The predicted molar refractivity (Wildman–Crippen MR) is 108 cm³/mol. The van der Waals surface area contributed by atoms with Crippen LogP contribution in [0.15, 0.2) is 53.5 Å². The molecule has 26 heavy (non-hydrogen) atoms. The number of aryl methyl sites for hydroxylation is 1. The van der Waals surface area contributed by atoms with Crippen LogP contribution >= 0.6 is 0 Å². The van der Waals surface area contributed by atoms with Crippen molar-refractivity contribution in [3.63, 3.8) is 0 Å². The second kappa shape index (κ2) is 9.25. The van der Waals surface area contributed by atoms with Crippen LogP contribution in [0.2, 0.25) is 0 Å². The zero-order valence-electron chi connectivity index (χ0n) is 15.7. The first-order valence-corrected chi connectivity index (χ1v) is 9.16. The largest absolute Gasteiger partial charge is 0.378 e. The first-order chi connectivity index (χ1) is 12.7. The van der Waals surface area contributed by atoms with Gasteiger partial charge in [0.2, 0.25) is 0 Å². The third kappa shape index (κ3) is 5.23. The van der Waals surface area contributed by atoms with Gasteiger partial charge in [-0.1, -0.05) is 42.0 Å². The van der Waals surface area contributed by atoms with Crippen molar-refractivity contribution < 1.29 is 4.74 Å². The minimum atomic E-state index is 0.747. The summed E-state index contributed by atoms with van der Waals surface area (Å²) >= 11 is 0. The van der Waals surface area contributed by atoms with Crippen LogP contribution < -0.4 is 15.5 Å². The van der Waals surface area contributed by atoms with Crippen LogP contribution in [-0.4, -0.2) is 39.3 Å². The Hall–Kier alpha value is -2.53. The average molecular weight is 352 g/mol. The van der Waals surface area contributed by atoms with Crippen LogP contribution in [0, 0.1) is 6.92 Å². The van der Waals surface area contributed by atoms with Crippen LogP contribution in [-0.2, 0) is 17.8 Å². The monoisotopic (exact) mass is 352 g/mol. The molecule has 1 aliphatic heterocycles. The molecule has 1 aliphatic rings. The lowest BCUT2D eigenvalue weighted by atomic mass is 10.1. The molecule has 0 atom stereocenters. The number of ether oxygens (including phenoxy) is 1. The van der Waals surface area contributed by atoms with Gasteiger partial charge in [0.15, 0.2) is 5.96 Å². The Kier molecular flexibility index (Phi) is 6.50. The average Bonchev–Trinajstić information content (AvgIpc) is 2.69. The highest BCUT2D eigenvalue weighted by atomic mass is 16.5. The van der Waals surface area contributed by atoms with Gasteiger partial charge in [0.05, 0.1) is 13.2 Å². The van der Waals surface area contributed by atoms with Crippen LogP contribution in [0.5, 0.6) is 0 Å². The molecular weight excluding hydrogens is 324 g/mol. The molecule has 5 nitrogen and oxygen atoms in total. The summed E-state index contributed by atoms with van der Waals surface area (Å²) in [5, 5.41) is 6.74. The number of nitrogens with one attached hydrogen (secondary N) is 2. The lowest BCUT2D eigenvalue weighted by molar-refractivity contribution is 0.122. The number of aliphatic imine (C=N–C) groups is 1. The van der Waals surface area contributed by atoms with E-state index in [0.717, 1.165) is 45.4 Å². The van der Waals surface area contributed by atoms with Gasteiger partial charge in [-0.25, -0.2) is 0 Å². The first-order valence-electron chi connectivity index (χ1n) is 9.16. The smallest absolute Gasteiger partial charge is 0.191 e. The summed E-state index contributed by atoms with van der Waals surface area (Å²) in [5.74, 6) is 0.809. The van der Waals surface area contributed by atoms with Gasteiger partial charge in [-0.3, -0.25) is 4.99 Å². The Morgan fingerprint density at radius 2 is 1.69 bits per heavy atom. The fraction of sp³-hybridized carbons (Fsp3) is 0.381. The number of nitrogens with zero attached hydrogens (tertiary/aromatic N) is 2. The molecular formula is C21H28N4O. The van der Waals surface area contributed by atoms with E-state index in [1.54, 1.807) is 7.05 Å². The number of morpholine rings is 1. The molecule has 3 rings (SSSR count). The van der Waals surface area contributed by atoms with Gasteiger partial charge in [0.25, 0.3) is 0 Å². The number of benzene rings is 2. The molecule has 0 unspecified atom stereocenters. The topological polar surface area (TPSA) is 48.9 Å². The molecule has 138 valence electrons. The highest BCUT2D eigenvalue weighted by Crippen LogP contribution is 2.16. The summed E-state index contributed by atoms with van der Waals surface area (Å²) in [6.45, 7) is 7.17. The van der Waals surface area contributed by atoms with E-state index < -0.39 is 0 Å². The molecule has 0 bridgehead atoms. The van der Waals surface area contributed by atoms with Crippen molar-refractivity contribution in [1.29, 1.82) is 0 Å². The standard InChI is InChI=1S/C21H28N4O/c1-17-4-3-5-19(14-17)16-24-21(22-2)23-15-18-6-8-20(9-7-18)25-10-12-26-13-11-25/h3-9,14H,10-13,15-16H2,1-2H3,(H2,22,23,24). The molecule has 1 saturated heterocycles. The van der Waals surface area contributed by atoms with E-state index in [9.17, 15) is 0 Å². The van der Waals surface area contributed by atoms with E-state index >= 15 is 0 Å². The van der Waals surface area contributed by atoms with Crippen molar-refractivity contribution >= 4 is 11.6 Å². The third-order valence-electron chi connectivity index (χ3n) is 4.54. The molecule has 2 N–H and O–H groups in total. The zero-order valence-corrected chi connectivity index (χ0v) is 15.7. The predicted octanol–water partition coefficient (Wildman–Crippen LogP) is 2.70. The Morgan fingerprint density at radius 3 is 2.35 bits per heavy atom. The quantitative estimate of drug-likeness (QED) is 0.642. The van der Waals surface area contributed by atoms with Crippen molar-refractivity contribution in [1.82, 2.24) is 10.6 Å². The minimum absolute atomic E-state index is 0.747. The van der Waals surface area contributed by atoms with Crippen molar-refractivity contribution in [2.24, 2.45) is 4.99 Å². The van der Waals surface area contributed by atoms with Crippen molar-refractivity contribution in [3.05, 3.63) is 65.2 Å². The van der Waals surface area contributed by atoms with E-state index in [4.69, 9.17) is 4.74 Å². The molecule has 0 spiro atoms. The summed E-state index contributed by atoms with van der Waals surface area (Å²) in [6.07, 6.45) is 0. The molecule has 2 aromatic carbocycles. The molecule has 1 fully saturated rings. The molecule has 2 aromatic rings. The van der Waals surface area contributed by atoms with Crippen molar-refractivity contribution in [2.75, 3.05) is 38.3 Å². The summed E-state index contributed by atoms with van der Waals surface area (Å²) in [5.41, 5.74) is 5.02. The number of guanidine groups is 1. The second-order valence-corrected chi connectivity index (χ2v) is 6.53. The van der Waals surface area contributed by atoms with Gasteiger partial charge in [-0.05, 0) is 30.2 Å². The summed E-state index contributed by atoms with van der Waals surface area (Å²) < 4.78 is 5.41. The number of hydrogen-bond acceptors (Lipinski definition) is 3. The lowest BCUT2D eigenvalue weighted by Crippen LogP contribution is -2.36. The highest BCUT2D eigenvalue weighted by molar-refractivity contribution is 5.79. The first kappa shape index (κ1) is 18.3. The normalized spacial score (nSPS) is 15.0. The van der Waals surface area contributed by atoms with Crippen LogP contribution in [0.25, 0.3) is 0 Å². The molecule has 5 heteroatoms. The summed E-state index contributed by atoms with van der Waals surface area (Å²) in [4.78, 5) is 6.67. The van der Waals surface area contributed by atoms with Gasteiger partial charge in [0.1, 0.15) is 0 Å². The molecule has 0 aromatic heterocycles. The van der Waals surface area contributed by atoms with E-state index in [0.29, 0.717) is 0 Å². The number of rotatable bonds is 5. The van der Waals surface area contributed by atoms with Crippen LogP contribution in [0.4, 0.5) is 5.69 Å². The Labute approximate surface area is 156 Å². The number of anilines is 1. The maximum Gasteiger partial charge on any atom is 0.191 e. The maximum atomic E-state index is 5.41. The number of hydrogen-bond donors (Lipinski definition) is 2. The van der Waals surface area contributed by atoms with E-state index in [1.165, 1.54) is 22.4 Å². The Bertz CT molecular complexity index is 721. The minimum Gasteiger partial charge on any atom is -0.378 e.